The monoisotopic (exact) mass is 694 g/mol. The average Bonchev–Trinajstić information content (AvgIpc) is 3.22. The highest BCUT2D eigenvalue weighted by molar-refractivity contribution is 5.81. The van der Waals surface area contributed by atoms with Crippen LogP contribution in [0.2, 0.25) is 0 Å². The summed E-state index contributed by atoms with van der Waals surface area (Å²) in [5.74, 6) is 0. The number of rotatable bonds is 10. The molecule has 0 aliphatic heterocycles. The summed E-state index contributed by atoms with van der Waals surface area (Å²) in [6.07, 6.45) is 4.37. The van der Waals surface area contributed by atoms with Gasteiger partial charge in [0.25, 0.3) is 0 Å². The fourth-order valence-electron chi connectivity index (χ4n) is 7.08. The van der Waals surface area contributed by atoms with Crippen molar-refractivity contribution in [1.82, 2.24) is 0 Å². The molecule has 8 aromatic rings. The van der Waals surface area contributed by atoms with E-state index in [0.29, 0.717) is 0 Å². The van der Waals surface area contributed by atoms with Gasteiger partial charge in [-0.25, -0.2) is 0 Å². The number of hydrogen-bond acceptors (Lipinski definition) is 2. The van der Waals surface area contributed by atoms with Gasteiger partial charge in [-0.3, -0.25) is 0 Å². The molecule has 0 aliphatic carbocycles. The SMILES string of the molecule is Cc1cc(C)cc(N(c2ccc(C=Cc3ccc(-c4ccc(N(c5ccccc5)c5ccccc5)cc4)cc3)cc2)c2ccc(-c3ccccc3)cc2)c1. The lowest BCUT2D eigenvalue weighted by atomic mass is 10.0. The molecule has 0 saturated carbocycles. The van der Waals surface area contributed by atoms with Crippen molar-refractivity contribution < 1.29 is 0 Å². The first-order valence-electron chi connectivity index (χ1n) is 18.5. The molecular formula is C52H42N2. The lowest BCUT2D eigenvalue weighted by molar-refractivity contribution is 1.25. The van der Waals surface area contributed by atoms with Crippen LogP contribution < -0.4 is 9.80 Å². The van der Waals surface area contributed by atoms with Gasteiger partial charge in [-0.05, 0) is 131 Å². The molecule has 2 nitrogen and oxygen atoms in total. The summed E-state index contributed by atoms with van der Waals surface area (Å²) in [6, 6.07) is 73.6. The van der Waals surface area contributed by atoms with Crippen LogP contribution in [0.4, 0.5) is 34.1 Å². The Balaban J connectivity index is 0.993. The van der Waals surface area contributed by atoms with Crippen molar-refractivity contribution in [3.8, 4) is 22.3 Å². The zero-order valence-corrected chi connectivity index (χ0v) is 30.7. The van der Waals surface area contributed by atoms with E-state index in [1.165, 1.54) is 33.4 Å². The first kappa shape index (κ1) is 34.2. The van der Waals surface area contributed by atoms with Gasteiger partial charge in [0.2, 0.25) is 0 Å². The van der Waals surface area contributed by atoms with E-state index in [0.717, 1.165) is 45.3 Å². The normalized spacial score (nSPS) is 11.1. The molecule has 0 bridgehead atoms. The third-order valence-corrected chi connectivity index (χ3v) is 9.72. The molecule has 0 atom stereocenters. The molecule has 0 unspecified atom stereocenters. The van der Waals surface area contributed by atoms with Crippen molar-refractivity contribution >= 4 is 46.3 Å². The Hall–Kier alpha value is -6.90. The van der Waals surface area contributed by atoms with Crippen molar-refractivity contribution in [2.45, 2.75) is 13.8 Å². The average molecular weight is 695 g/mol. The number of hydrogen-bond donors (Lipinski definition) is 0. The number of benzene rings is 8. The summed E-state index contributed by atoms with van der Waals surface area (Å²) in [5.41, 5.74) is 16.4. The van der Waals surface area contributed by atoms with Gasteiger partial charge in [-0.1, -0.05) is 146 Å². The van der Waals surface area contributed by atoms with Crippen molar-refractivity contribution in [1.29, 1.82) is 0 Å². The summed E-state index contributed by atoms with van der Waals surface area (Å²) < 4.78 is 0. The second-order valence-electron chi connectivity index (χ2n) is 13.7. The molecule has 0 spiro atoms. The molecule has 0 saturated heterocycles. The summed E-state index contributed by atoms with van der Waals surface area (Å²) in [6.45, 7) is 4.33. The topological polar surface area (TPSA) is 6.48 Å². The van der Waals surface area contributed by atoms with Crippen LogP contribution >= 0.6 is 0 Å². The molecule has 8 aromatic carbocycles. The predicted octanol–water partition coefficient (Wildman–Crippen LogP) is 14.7. The number of nitrogens with zero attached hydrogens (tertiary/aromatic N) is 2. The van der Waals surface area contributed by atoms with Crippen LogP contribution in [0.3, 0.4) is 0 Å². The second-order valence-corrected chi connectivity index (χ2v) is 13.7. The van der Waals surface area contributed by atoms with E-state index in [-0.39, 0.29) is 0 Å². The number of para-hydroxylation sites is 2. The smallest absolute Gasteiger partial charge is 0.0466 e. The Morgan fingerprint density at radius 1 is 0.278 bits per heavy atom. The Bertz CT molecular complexity index is 2390. The van der Waals surface area contributed by atoms with Crippen molar-refractivity contribution in [2.75, 3.05) is 9.80 Å². The summed E-state index contributed by atoms with van der Waals surface area (Å²) in [7, 11) is 0. The van der Waals surface area contributed by atoms with Crippen LogP contribution in [0.5, 0.6) is 0 Å². The van der Waals surface area contributed by atoms with Crippen LogP contribution in [0.1, 0.15) is 22.3 Å². The molecule has 0 fully saturated rings. The molecule has 0 aromatic heterocycles. The lowest BCUT2D eigenvalue weighted by Gasteiger charge is -2.26. The van der Waals surface area contributed by atoms with Crippen LogP contribution in [-0.4, -0.2) is 0 Å². The van der Waals surface area contributed by atoms with E-state index >= 15 is 0 Å². The third-order valence-electron chi connectivity index (χ3n) is 9.72. The van der Waals surface area contributed by atoms with E-state index in [2.05, 4.69) is 242 Å². The molecule has 0 amide bonds. The fraction of sp³-hybridized carbons (Fsp3) is 0.0385. The highest BCUT2D eigenvalue weighted by Gasteiger charge is 2.14. The molecular weight excluding hydrogens is 653 g/mol. The van der Waals surface area contributed by atoms with Crippen LogP contribution in [0, 0.1) is 13.8 Å². The maximum Gasteiger partial charge on any atom is 0.0466 e. The van der Waals surface area contributed by atoms with E-state index in [1.807, 2.05) is 0 Å². The Labute approximate surface area is 319 Å². The van der Waals surface area contributed by atoms with Gasteiger partial charge in [0, 0.05) is 34.1 Å². The molecule has 0 aliphatic rings. The Morgan fingerprint density at radius 3 is 1.00 bits per heavy atom. The Morgan fingerprint density at radius 2 is 0.574 bits per heavy atom. The van der Waals surface area contributed by atoms with Crippen LogP contribution in [-0.2, 0) is 0 Å². The fourth-order valence-corrected chi connectivity index (χ4v) is 7.08. The molecule has 0 heterocycles. The van der Waals surface area contributed by atoms with E-state index in [9.17, 15) is 0 Å². The van der Waals surface area contributed by atoms with Gasteiger partial charge in [-0.15, -0.1) is 0 Å². The largest absolute Gasteiger partial charge is 0.311 e. The van der Waals surface area contributed by atoms with Crippen molar-refractivity contribution in [2.24, 2.45) is 0 Å². The van der Waals surface area contributed by atoms with Gasteiger partial charge in [0.1, 0.15) is 0 Å². The summed E-state index contributed by atoms with van der Waals surface area (Å²) in [4.78, 5) is 4.63. The van der Waals surface area contributed by atoms with E-state index < -0.39 is 0 Å². The highest BCUT2D eigenvalue weighted by Crippen LogP contribution is 2.38. The number of aryl methyl sites for hydroxylation is 2. The standard InChI is InChI=1S/C52H42N2/c1-39-36-40(2)38-52(37-39)54(51-34-26-45(27-35-51)43-12-6-3-7-13-43)49-30-22-42(23-31-49)19-18-41-20-24-44(25-21-41)46-28-32-50(33-29-46)53(47-14-8-4-9-15-47)48-16-10-5-11-17-48/h3-38H,1-2H3. The molecule has 0 radical (unpaired) electrons. The minimum absolute atomic E-state index is 1.12. The second kappa shape index (κ2) is 15.8. The first-order chi connectivity index (χ1) is 26.6. The van der Waals surface area contributed by atoms with Crippen LogP contribution in [0.25, 0.3) is 34.4 Å². The quantitative estimate of drug-likeness (QED) is 0.132. The van der Waals surface area contributed by atoms with E-state index in [1.54, 1.807) is 0 Å². The molecule has 54 heavy (non-hydrogen) atoms. The zero-order chi connectivity index (χ0) is 36.7. The number of anilines is 6. The lowest BCUT2D eigenvalue weighted by Crippen LogP contribution is -2.10. The predicted molar refractivity (Wildman–Crippen MR) is 232 cm³/mol. The van der Waals surface area contributed by atoms with Gasteiger partial charge >= 0.3 is 0 Å². The molecule has 0 N–H and O–H groups in total. The third kappa shape index (κ3) is 7.79. The van der Waals surface area contributed by atoms with Crippen molar-refractivity contribution in [3.63, 3.8) is 0 Å². The maximum atomic E-state index is 2.34. The highest BCUT2D eigenvalue weighted by atomic mass is 15.1. The van der Waals surface area contributed by atoms with Gasteiger partial charge in [0.15, 0.2) is 0 Å². The first-order valence-corrected chi connectivity index (χ1v) is 18.5. The minimum Gasteiger partial charge on any atom is -0.311 e. The van der Waals surface area contributed by atoms with Gasteiger partial charge in [-0.2, -0.15) is 0 Å². The van der Waals surface area contributed by atoms with Gasteiger partial charge in [0.05, 0.1) is 0 Å². The molecule has 260 valence electrons. The molecule has 8 rings (SSSR count). The minimum atomic E-state index is 1.12. The van der Waals surface area contributed by atoms with E-state index in [4.69, 9.17) is 0 Å². The summed E-state index contributed by atoms with van der Waals surface area (Å²) >= 11 is 0. The summed E-state index contributed by atoms with van der Waals surface area (Å²) in [5, 5.41) is 0. The van der Waals surface area contributed by atoms with Crippen molar-refractivity contribution in [3.05, 3.63) is 229 Å². The molecule has 2 heteroatoms. The Kier molecular flexibility index (Phi) is 9.99. The zero-order valence-electron chi connectivity index (χ0n) is 30.7. The maximum absolute atomic E-state index is 2.34. The van der Waals surface area contributed by atoms with Crippen LogP contribution in [0.15, 0.2) is 206 Å². The van der Waals surface area contributed by atoms with Gasteiger partial charge < -0.3 is 9.80 Å².